The lowest BCUT2D eigenvalue weighted by Gasteiger charge is -2.08. The molecule has 1 unspecified atom stereocenters. The minimum absolute atomic E-state index is 0.289. The van der Waals surface area contributed by atoms with E-state index >= 15 is 0 Å². The minimum atomic E-state index is -0.853. The fraction of sp³-hybridized carbons (Fsp3) is 0.118. The third-order valence-corrected chi connectivity index (χ3v) is 4.11. The van der Waals surface area contributed by atoms with Crippen LogP contribution in [0.25, 0.3) is 0 Å². The van der Waals surface area contributed by atoms with E-state index in [1.54, 1.807) is 12.1 Å². The van der Waals surface area contributed by atoms with Crippen molar-refractivity contribution >= 4 is 29.3 Å². The second-order valence-electron chi connectivity index (χ2n) is 4.27. The van der Waals surface area contributed by atoms with Gasteiger partial charge in [0.25, 0.3) is 0 Å². The molecule has 2 aromatic carbocycles. The highest BCUT2D eigenvalue weighted by atomic mass is 35.5. The average molecular weight is 317 g/mol. The second kappa shape index (κ2) is 7.78. The largest absolute Gasteiger partial charge is 0.480 e. The standard InChI is InChI=1S/C17H13ClO2S/c18-14-11-9-13(10-12-14)5-4-8-16(17(19)20)21-15-6-2-1-3-7-15/h1-3,6-7,9-12,16H,8H2,(H,19,20). The maximum absolute atomic E-state index is 11.3. The third-order valence-electron chi connectivity index (χ3n) is 2.66. The van der Waals surface area contributed by atoms with E-state index in [1.165, 1.54) is 11.8 Å². The van der Waals surface area contributed by atoms with Gasteiger partial charge in [0.15, 0.2) is 0 Å². The number of rotatable bonds is 4. The Morgan fingerprint density at radius 2 is 1.81 bits per heavy atom. The van der Waals surface area contributed by atoms with Crippen molar-refractivity contribution in [3.8, 4) is 11.8 Å². The molecule has 1 N–H and O–H groups in total. The van der Waals surface area contributed by atoms with Gasteiger partial charge in [0.1, 0.15) is 5.25 Å². The molecule has 0 aliphatic carbocycles. The lowest BCUT2D eigenvalue weighted by Crippen LogP contribution is -2.15. The van der Waals surface area contributed by atoms with Crippen LogP contribution in [0.3, 0.4) is 0 Å². The molecule has 1 atom stereocenters. The maximum Gasteiger partial charge on any atom is 0.317 e. The molecule has 21 heavy (non-hydrogen) atoms. The van der Waals surface area contributed by atoms with Crippen LogP contribution in [-0.4, -0.2) is 16.3 Å². The number of thioether (sulfide) groups is 1. The molecule has 0 spiro atoms. The third kappa shape index (κ3) is 5.18. The van der Waals surface area contributed by atoms with Gasteiger partial charge >= 0.3 is 5.97 Å². The Balaban J connectivity index is 2.01. The predicted molar refractivity (Wildman–Crippen MR) is 86.7 cm³/mol. The topological polar surface area (TPSA) is 37.3 Å². The molecule has 2 rings (SSSR count). The fourth-order valence-electron chi connectivity index (χ4n) is 1.62. The Bertz CT molecular complexity index is 657. The van der Waals surface area contributed by atoms with Gasteiger partial charge < -0.3 is 5.11 Å². The fourth-order valence-corrected chi connectivity index (χ4v) is 2.66. The van der Waals surface area contributed by atoms with E-state index < -0.39 is 11.2 Å². The molecular weight excluding hydrogens is 304 g/mol. The number of carbonyl (C=O) groups is 1. The van der Waals surface area contributed by atoms with E-state index in [0.717, 1.165) is 10.5 Å². The van der Waals surface area contributed by atoms with Crippen LogP contribution in [0.5, 0.6) is 0 Å². The molecule has 0 aliphatic rings. The van der Waals surface area contributed by atoms with Gasteiger partial charge in [-0.3, -0.25) is 4.79 Å². The Morgan fingerprint density at radius 1 is 1.14 bits per heavy atom. The monoisotopic (exact) mass is 316 g/mol. The Morgan fingerprint density at radius 3 is 2.43 bits per heavy atom. The van der Waals surface area contributed by atoms with Gasteiger partial charge in [-0.15, -0.1) is 11.8 Å². The molecule has 2 aromatic rings. The molecule has 0 saturated carbocycles. The summed E-state index contributed by atoms with van der Waals surface area (Å²) in [6, 6.07) is 16.6. The van der Waals surface area contributed by atoms with Gasteiger partial charge in [0.05, 0.1) is 0 Å². The van der Waals surface area contributed by atoms with Crippen LogP contribution >= 0.6 is 23.4 Å². The van der Waals surface area contributed by atoms with E-state index in [2.05, 4.69) is 11.8 Å². The molecule has 0 fully saturated rings. The Hall–Kier alpha value is -1.89. The van der Waals surface area contributed by atoms with Crippen LogP contribution in [0.1, 0.15) is 12.0 Å². The summed E-state index contributed by atoms with van der Waals surface area (Å²) in [7, 11) is 0. The lowest BCUT2D eigenvalue weighted by atomic mass is 10.2. The molecule has 0 radical (unpaired) electrons. The van der Waals surface area contributed by atoms with Crippen molar-refractivity contribution in [1.82, 2.24) is 0 Å². The highest BCUT2D eigenvalue weighted by Gasteiger charge is 2.17. The summed E-state index contributed by atoms with van der Waals surface area (Å²) in [4.78, 5) is 12.2. The first-order valence-electron chi connectivity index (χ1n) is 6.34. The zero-order valence-corrected chi connectivity index (χ0v) is 12.7. The molecule has 0 saturated heterocycles. The summed E-state index contributed by atoms with van der Waals surface area (Å²) in [5.41, 5.74) is 0.827. The number of hydrogen-bond acceptors (Lipinski definition) is 2. The molecule has 0 heterocycles. The van der Waals surface area contributed by atoms with Crippen molar-refractivity contribution in [1.29, 1.82) is 0 Å². The number of carboxylic acid groups (broad SMARTS) is 1. The number of benzene rings is 2. The van der Waals surface area contributed by atoms with Gasteiger partial charge in [-0.2, -0.15) is 0 Å². The van der Waals surface area contributed by atoms with Crippen LogP contribution in [0.4, 0.5) is 0 Å². The summed E-state index contributed by atoms with van der Waals surface area (Å²) >= 11 is 7.11. The van der Waals surface area contributed by atoms with Crippen LogP contribution < -0.4 is 0 Å². The zero-order chi connectivity index (χ0) is 15.1. The number of halogens is 1. The van der Waals surface area contributed by atoms with Gasteiger partial charge in [-0.25, -0.2) is 0 Å². The van der Waals surface area contributed by atoms with Crippen molar-refractivity contribution in [3.63, 3.8) is 0 Å². The Labute approximate surface area is 133 Å². The Kier molecular flexibility index (Phi) is 5.74. The first-order chi connectivity index (χ1) is 10.1. The minimum Gasteiger partial charge on any atom is -0.480 e. The van der Waals surface area contributed by atoms with Gasteiger partial charge in [-0.1, -0.05) is 41.6 Å². The van der Waals surface area contributed by atoms with Crippen LogP contribution in [0.15, 0.2) is 59.5 Å². The van der Waals surface area contributed by atoms with E-state index in [1.807, 2.05) is 42.5 Å². The summed E-state index contributed by atoms with van der Waals surface area (Å²) in [6.07, 6.45) is 0.289. The first-order valence-corrected chi connectivity index (χ1v) is 7.60. The summed E-state index contributed by atoms with van der Waals surface area (Å²) < 4.78 is 0. The summed E-state index contributed by atoms with van der Waals surface area (Å²) in [6.45, 7) is 0. The maximum atomic E-state index is 11.3. The second-order valence-corrected chi connectivity index (χ2v) is 5.98. The van der Waals surface area contributed by atoms with Gasteiger partial charge in [-0.05, 0) is 36.4 Å². The molecular formula is C17H13ClO2S. The molecule has 0 bridgehead atoms. The smallest absolute Gasteiger partial charge is 0.317 e. The van der Waals surface area contributed by atoms with E-state index in [4.69, 9.17) is 11.6 Å². The number of carboxylic acids is 1. The van der Waals surface area contributed by atoms with Gasteiger partial charge in [0, 0.05) is 21.9 Å². The lowest BCUT2D eigenvalue weighted by molar-refractivity contribution is -0.136. The molecule has 4 heteroatoms. The molecule has 106 valence electrons. The van der Waals surface area contributed by atoms with E-state index in [9.17, 15) is 9.90 Å². The quantitative estimate of drug-likeness (QED) is 0.674. The average Bonchev–Trinajstić information content (AvgIpc) is 2.49. The van der Waals surface area contributed by atoms with Crippen molar-refractivity contribution in [2.75, 3.05) is 0 Å². The van der Waals surface area contributed by atoms with Crippen molar-refractivity contribution < 1.29 is 9.90 Å². The van der Waals surface area contributed by atoms with E-state index in [-0.39, 0.29) is 6.42 Å². The van der Waals surface area contributed by atoms with Crippen LogP contribution in [0.2, 0.25) is 5.02 Å². The number of hydrogen-bond donors (Lipinski definition) is 1. The van der Waals surface area contributed by atoms with Crippen molar-refractivity contribution in [3.05, 3.63) is 65.2 Å². The molecule has 0 aromatic heterocycles. The number of aliphatic carboxylic acids is 1. The van der Waals surface area contributed by atoms with Crippen molar-refractivity contribution in [2.45, 2.75) is 16.6 Å². The summed E-state index contributed by atoms with van der Waals surface area (Å²) in [5, 5.41) is 9.34. The normalized spacial score (nSPS) is 11.3. The van der Waals surface area contributed by atoms with Crippen LogP contribution in [-0.2, 0) is 4.79 Å². The SMILES string of the molecule is O=C(O)C(CC#Cc1ccc(Cl)cc1)Sc1ccccc1. The summed E-state index contributed by atoms with van der Waals surface area (Å²) in [5.74, 6) is 5.03. The first kappa shape index (κ1) is 15.5. The van der Waals surface area contributed by atoms with Crippen LogP contribution in [0, 0.1) is 11.8 Å². The van der Waals surface area contributed by atoms with Gasteiger partial charge in [0.2, 0.25) is 0 Å². The van der Waals surface area contributed by atoms with E-state index in [0.29, 0.717) is 5.02 Å². The highest BCUT2D eigenvalue weighted by molar-refractivity contribution is 8.00. The molecule has 0 amide bonds. The van der Waals surface area contributed by atoms with Crippen molar-refractivity contribution in [2.24, 2.45) is 0 Å². The molecule has 2 nitrogen and oxygen atoms in total. The molecule has 0 aliphatic heterocycles. The highest BCUT2D eigenvalue weighted by Crippen LogP contribution is 2.25. The zero-order valence-electron chi connectivity index (χ0n) is 11.1. The predicted octanol–water partition coefficient (Wildman–Crippen LogP) is 4.33.